The second-order valence-electron chi connectivity index (χ2n) is 6.49. The summed E-state index contributed by atoms with van der Waals surface area (Å²) in [6, 6.07) is 15.6. The van der Waals surface area contributed by atoms with Crippen molar-refractivity contribution in [2.75, 3.05) is 33.2 Å². The Balaban J connectivity index is 0.00000364. The number of ether oxygens (including phenoxy) is 1. The van der Waals surface area contributed by atoms with Gasteiger partial charge in [0.25, 0.3) is 0 Å². The molecule has 2 aromatic rings. The lowest BCUT2D eigenvalue weighted by Crippen LogP contribution is -2.13. The van der Waals surface area contributed by atoms with Gasteiger partial charge in [-0.2, -0.15) is 5.10 Å². The zero-order valence-electron chi connectivity index (χ0n) is 16.4. The Bertz CT molecular complexity index is 758. The number of aryl methyl sites for hydroxylation is 1. The average molecular weight is 390 g/mol. The van der Waals surface area contributed by atoms with Crippen LogP contribution in [0, 0.1) is 0 Å². The van der Waals surface area contributed by atoms with Crippen molar-refractivity contribution in [3.8, 4) is 0 Å². The van der Waals surface area contributed by atoms with Crippen molar-refractivity contribution in [2.45, 2.75) is 19.8 Å². The maximum Gasteiger partial charge on any atom is 0.337 e. The molecule has 0 aliphatic rings. The van der Waals surface area contributed by atoms with E-state index in [1.165, 1.54) is 12.7 Å². The van der Waals surface area contributed by atoms with Crippen molar-refractivity contribution >= 4 is 29.8 Å². The number of rotatable bonds is 8. The molecule has 2 rings (SSSR count). The minimum atomic E-state index is -0.362. The van der Waals surface area contributed by atoms with E-state index in [1.807, 2.05) is 13.0 Å². The normalized spacial score (nSPS) is 11.1. The number of carbonyl (C=O) groups is 1. The van der Waals surface area contributed by atoms with Crippen LogP contribution < -0.4 is 5.43 Å². The molecule has 146 valence electrons. The van der Waals surface area contributed by atoms with Gasteiger partial charge in [0.05, 0.1) is 24.1 Å². The largest absolute Gasteiger partial charge is 0.465 e. The molecule has 0 spiro atoms. The van der Waals surface area contributed by atoms with Crippen LogP contribution in [0.3, 0.4) is 0 Å². The molecule has 0 fully saturated rings. The SMILES string of the molecule is COC(=O)c1cccc(NN=C(C)c2ccc(CCCN(C)C)cc2)c1.Cl. The van der Waals surface area contributed by atoms with Gasteiger partial charge in [0, 0.05) is 0 Å². The minimum absolute atomic E-state index is 0. The van der Waals surface area contributed by atoms with E-state index in [9.17, 15) is 4.79 Å². The molecule has 0 saturated heterocycles. The molecule has 0 amide bonds. The van der Waals surface area contributed by atoms with Crippen LogP contribution in [-0.4, -0.2) is 44.3 Å². The zero-order valence-corrected chi connectivity index (χ0v) is 17.2. The maximum absolute atomic E-state index is 11.6. The fraction of sp³-hybridized carbons (Fsp3) is 0.333. The topological polar surface area (TPSA) is 53.9 Å². The molecule has 0 heterocycles. The molecule has 0 aromatic heterocycles. The lowest BCUT2D eigenvalue weighted by Gasteiger charge is -2.09. The van der Waals surface area contributed by atoms with Crippen molar-refractivity contribution in [3.05, 3.63) is 65.2 Å². The van der Waals surface area contributed by atoms with Gasteiger partial charge in [-0.1, -0.05) is 30.3 Å². The number of benzene rings is 2. The molecule has 2 aromatic carbocycles. The summed E-state index contributed by atoms with van der Waals surface area (Å²) in [4.78, 5) is 13.8. The first-order valence-corrected chi connectivity index (χ1v) is 8.72. The van der Waals surface area contributed by atoms with Crippen molar-refractivity contribution < 1.29 is 9.53 Å². The van der Waals surface area contributed by atoms with E-state index in [4.69, 9.17) is 4.74 Å². The van der Waals surface area contributed by atoms with Gasteiger partial charge in [0.1, 0.15) is 0 Å². The van der Waals surface area contributed by atoms with Crippen LogP contribution in [-0.2, 0) is 11.2 Å². The van der Waals surface area contributed by atoms with Gasteiger partial charge in [-0.15, -0.1) is 12.4 Å². The van der Waals surface area contributed by atoms with Crippen LogP contribution in [0.25, 0.3) is 0 Å². The highest BCUT2D eigenvalue weighted by Gasteiger charge is 2.05. The number of carbonyl (C=O) groups excluding carboxylic acids is 1. The fourth-order valence-electron chi connectivity index (χ4n) is 2.56. The van der Waals surface area contributed by atoms with E-state index in [1.54, 1.807) is 18.2 Å². The first-order chi connectivity index (χ1) is 12.5. The third-order valence-electron chi connectivity index (χ3n) is 4.08. The van der Waals surface area contributed by atoms with E-state index >= 15 is 0 Å². The molecule has 0 bridgehead atoms. The van der Waals surface area contributed by atoms with Gasteiger partial charge in [-0.25, -0.2) is 4.79 Å². The third kappa shape index (κ3) is 7.41. The summed E-state index contributed by atoms with van der Waals surface area (Å²) in [7, 11) is 5.56. The predicted octanol–water partition coefficient (Wildman–Crippen LogP) is 4.23. The molecule has 5 nitrogen and oxygen atoms in total. The second-order valence-corrected chi connectivity index (χ2v) is 6.49. The number of hydrogen-bond donors (Lipinski definition) is 1. The van der Waals surface area contributed by atoms with E-state index in [2.05, 4.69) is 53.8 Å². The molecule has 0 radical (unpaired) electrons. The summed E-state index contributed by atoms with van der Waals surface area (Å²) >= 11 is 0. The number of esters is 1. The molecular weight excluding hydrogens is 362 g/mol. The van der Waals surface area contributed by atoms with Crippen LogP contribution in [0.15, 0.2) is 53.6 Å². The number of hydrogen-bond acceptors (Lipinski definition) is 5. The molecule has 0 aliphatic carbocycles. The van der Waals surface area contributed by atoms with Gasteiger partial charge in [-0.05, 0) is 69.7 Å². The summed E-state index contributed by atoms with van der Waals surface area (Å²) in [5.74, 6) is -0.362. The maximum atomic E-state index is 11.6. The molecule has 27 heavy (non-hydrogen) atoms. The first kappa shape index (κ1) is 22.7. The van der Waals surface area contributed by atoms with Gasteiger partial charge in [0.15, 0.2) is 0 Å². The molecule has 6 heteroatoms. The van der Waals surface area contributed by atoms with E-state index in [0.717, 1.165) is 36.3 Å². The lowest BCUT2D eigenvalue weighted by atomic mass is 10.1. The van der Waals surface area contributed by atoms with Gasteiger partial charge in [0.2, 0.25) is 0 Å². The third-order valence-corrected chi connectivity index (χ3v) is 4.08. The monoisotopic (exact) mass is 389 g/mol. The Morgan fingerprint density at radius 1 is 1.11 bits per heavy atom. The number of anilines is 1. The highest BCUT2D eigenvalue weighted by molar-refractivity contribution is 5.99. The van der Waals surface area contributed by atoms with Crippen LogP contribution in [0.4, 0.5) is 5.69 Å². The first-order valence-electron chi connectivity index (χ1n) is 8.72. The summed E-state index contributed by atoms with van der Waals surface area (Å²) in [6.45, 7) is 3.05. The highest BCUT2D eigenvalue weighted by Crippen LogP contribution is 2.13. The Kier molecular flexibility index (Phi) is 9.54. The van der Waals surface area contributed by atoms with E-state index in [0.29, 0.717) is 5.56 Å². The van der Waals surface area contributed by atoms with Crippen molar-refractivity contribution in [1.82, 2.24) is 4.90 Å². The average Bonchev–Trinajstić information content (AvgIpc) is 2.66. The molecule has 0 saturated carbocycles. The smallest absolute Gasteiger partial charge is 0.337 e. The molecular formula is C21H28ClN3O2. The Hall–Kier alpha value is -2.37. The summed E-state index contributed by atoms with van der Waals surface area (Å²) in [6.07, 6.45) is 2.23. The van der Waals surface area contributed by atoms with E-state index in [-0.39, 0.29) is 18.4 Å². The van der Waals surface area contributed by atoms with Crippen LogP contribution in [0.1, 0.15) is 34.8 Å². The Morgan fingerprint density at radius 2 is 1.81 bits per heavy atom. The molecule has 0 unspecified atom stereocenters. The lowest BCUT2D eigenvalue weighted by molar-refractivity contribution is 0.0601. The summed E-state index contributed by atoms with van der Waals surface area (Å²) < 4.78 is 4.73. The Morgan fingerprint density at radius 3 is 2.44 bits per heavy atom. The van der Waals surface area contributed by atoms with Gasteiger partial charge >= 0.3 is 5.97 Å². The van der Waals surface area contributed by atoms with Gasteiger partial charge < -0.3 is 9.64 Å². The van der Waals surface area contributed by atoms with Crippen LogP contribution in [0.2, 0.25) is 0 Å². The van der Waals surface area contributed by atoms with Crippen LogP contribution >= 0.6 is 12.4 Å². The summed E-state index contributed by atoms with van der Waals surface area (Å²) in [5.41, 5.74) is 7.52. The Labute approximate surface area is 167 Å². The molecule has 0 atom stereocenters. The quantitative estimate of drug-likeness (QED) is 0.417. The summed E-state index contributed by atoms with van der Waals surface area (Å²) in [5, 5.41) is 4.41. The second kappa shape index (κ2) is 11.4. The zero-order chi connectivity index (χ0) is 18.9. The standard InChI is InChI=1S/C21H27N3O2.ClH/c1-16(18-12-10-17(11-13-18)7-6-14-24(2)3)22-23-20-9-5-8-19(15-20)21(25)26-4;/h5,8-13,15,23H,6-7,14H2,1-4H3;1H. The number of hydrazone groups is 1. The van der Waals surface area contributed by atoms with Crippen LogP contribution in [0.5, 0.6) is 0 Å². The van der Waals surface area contributed by atoms with Crippen molar-refractivity contribution in [3.63, 3.8) is 0 Å². The number of nitrogens with zero attached hydrogens (tertiary/aromatic N) is 2. The number of methoxy groups -OCH3 is 1. The highest BCUT2D eigenvalue weighted by atomic mass is 35.5. The molecule has 0 aliphatic heterocycles. The van der Waals surface area contributed by atoms with E-state index < -0.39 is 0 Å². The minimum Gasteiger partial charge on any atom is -0.465 e. The number of halogens is 1. The fourth-order valence-corrected chi connectivity index (χ4v) is 2.56. The van der Waals surface area contributed by atoms with Gasteiger partial charge in [-0.3, -0.25) is 5.43 Å². The number of nitrogens with one attached hydrogen (secondary N) is 1. The van der Waals surface area contributed by atoms with Crippen molar-refractivity contribution in [2.24, 2.45) is 5.10 Å². The molecule has 1 N–H and O–H groups in total. The van der Waals surface area contributed by atoms with Crippen molar-refractivity contribution in [1.29, 1.82) is 0 Å². The predicted molar refractivity (Wildman–Crippen MR) is 114 cm³/mol.